The third-order valence-electron chi connectivity index (χ3n) is 1.96. The Hall–Kier alpha value is -0.530. The van der Waals surface area contributed by atoms with Gasteiger partial charge in [-0.15, -0.1) is 0 Å². The van der Waals surface area contributed by atoms with Crippen LogP contribution in [0.15, 0.2) is 0 Å². The van der Waals surface area contributed by atoms with Gasteiger partial charge in [0.15, 0.2) is 0 Å². The van der Waals surface area contributed by atoms with E-state index in [4.69, 9.17) is 9.47 Å². The number of hydrogen-bond acceptors (Lipinski definition) is 4. The Balaban J connectivity index is 4.72. The predicted molar refractivity (Wildman–Crippen MR) is 77.6 cm³/mol. The quantitative estimate of drug-likeness (QED) is 0.471. The molecule has 0 spiro atoms. The first-order valence-electron chi connectivity index (χ1n) is 5.69. The van der Waals surface area contributed by atoms with Gasteiger partial charge in [0, 0.05) is 0 Å². The summed E-state index contributed by atoms with van der Waals surface area (Å²) in [5.74, 6) is -0.456. The van der Waals surface area contributed by atoms with E-state index in [1.54, 1.807) is 20.8 Å². The van der Waals surface area contributed by atoms with Crippen LogP contribution in [0.1, 0.15) is 41.5 Å². The van der Waals surface area contributed by atoms with E-state index in [1.165, 1.54) is 0 Å². The fourth-order valence-electron chi connectivity index (χ4n) is 1.19. The van der Waals surface area contributed by atoms with E-state index < -0.39 is 29.1 Å². The van der Waals surface area contributed by atoms with Gasteiger partial charge in [0.05, 0.1) is 0 Å². The summed E-state index contributed by atoms with van der Waals surface area (Å²) in [5.41, 5.74) is -1.04. The van der Waals surface area contributed by atoms with Gasteiger partial charge in [-0.2, -0.15) is 0 Å². The molecule has 106 valence electrons. The third kappa shape index (κ3) is 7.03. The molecule has 0 aromatic heterocycles. The molecule has 0 saturated heterocycles. The van der Waals surface area contributed by atoms with E-state index in [0.717, 1.165) is 0 Å². The molecule has 0 heterocycles. The summed E-state index contributed by atoms with van der Waals surface area (Å²) in [6.45, 7) is 10.8. The standard InChI is InChI=1S/C12H22INO4/c1-11(2,3)8(9(15)17-7-13)14-10(16)18-12(4,5)6/h8H,7H2,1-6H3,(H,14,16)/t8-/m1/s1. The van der Waals surface area contributed by atoms with Crippen LogP contribution in [0.25, 0.3) is 0 Å². The number of carbonyl (C=O) groups is 2. The number of alkyl carbamates (subject to hydrolysis) is 1. The molecule has 1 amide bonds. The van der Waals surface area contributed by atoms with Crippen molar-refractivity contribution < 1.29 is 19.1 Å². The first-order valence-corrected chi connectivity index (χ1v) is 7.22. The Morgan fingerprint density at radius 3 is 2.00 bits per heavy atom. The summed E-state index contributed by atoms with van der Waals surface area (Å²) in [4.78, 5) is 23.5. The van der Waals surface area contributed by atoms with Crippen molar-refractivity contribution in [1.29, 1.82) is 0 Å². The van der Waals surface area contributed by atoms with Gasteiger partial charge in [-0.1, -0.05) is 20.8 Å². The highest BCUT2D eigenvalue weighted by atomic mass is 127. The molecule has 0 radical (unpaired) electrons. The number of amides is 1. The summed E-state index contributed by atoms with van der Waals surface area (Å²) in [6.07, 6.45) is -0.618. The second-order valence-electron chi connectivity index (χ2n) is 6.02. The zero-order valence-corrected chi connectivity index (χ0v) is 14.0. The SMILES string of the molecule is CC(C)(C)OC(=O)N[C@H](C(=O)OCI)C(C)(C)C. The second kappa shape index (κ2) is 6.58. The van der Waals surface area contributed by atoms with Gasteiger partial charge >= 0.3 is 12.1 Å². The van der Waals surface area contributed by atoms with Crippen molar-refractivity contribution in [2.75, 3.05) is 4.61 Å². The smallest absolute Gasteiger partial charge is 0.408 e. The molecule has 6 heteroatoms. The van der Waals surface area contributed by atoms with E-state index in [0.29, 0.717) is 0 Å². The predicted octanol–water partition coefficient (Wildman–Crippen LogP) is 2.86. The lowest BCUT2D eigenvalue weighted by molar-refractivity contribution is -0.146. The molecule has 0 aromatic rings. The normalized spacial score (nSPS) is 13.7. The average molecular weight is 371 g/mol. The number of halogens is 1. The van der Waals surface area contributed by atoms with Gasteiger partial charge < -0.3 is 14.8 Å². The van der Waals surface area contributed by atoms with Crippen molar-refractivity contribution in [1.82, 2.24) is 5.32 Å². The topological polar surface area (TPSA) is 64.6 Å². The minimum absolute atomic E-state index is 0.249. The molecule has 0 aliphatic heterocycles. The molecule has 1 N–H and O–H groups in total. The lowest BCUT2D eigenvalue weighted by Gasteiger charge is -2.30. The van der Waals surface area contributed by atoms with Crippen molar-refractivity contribution in [3.63, 3.8) is 0 Å². The van der Waals surface area contributed by atoms with Crippen LogP contribution in [-0.4, -0.2) is 28.3 Å². The molecule has 0 aromatic carbocycles. The maximum Gasteiger partial charge on any atom is 0.408 e. The fraction of sp³-hybridized carbons (Fsp3) is 0.833. The van der Waals surface area contributed by atoms with E-state index in [9.17, 15) is 9.59 Å². The Labute approximate surface area is 122 Å². The molecule has 5 nitrogen and oxygen atoms in total. The van der Waals surface area contributed by atoms with Gasteiger partial charge in [-0.3, -0.25) is 0 Å². The zero-order chi connectivity index (χ0) is 14.6. The van der Waals surface area contributed by atoms with Crippen LogP contribution in [0.5, 0.6) is 0 Å². The number of hydrogen-bond donors (Lipinski definition) is 1. The van der Waals surface area contributed by atoms with Crippen LogP contribution in [0, 0.1) is 5.41 Å². The van der Waals surface area contributed by atoms with Crippen LogP contribution in [0.3, 0.4) is 0 Å². The van der Waals surface area contributed by atoms with Crippen molar-refractivity contribution in [2.45, 2.75) is 53.2 Å². The Bertz CT molecular complexity index is 304. The maximum atomic E-state index is 11.8. The molecular weight excluding hydrogens is 349 g/mol. The van der Waals surface area contributed by atoms with Gasteiger partial charge in [-0.05, 0) is 48.8 Å². The first kappa shape index (κ1) is 17.5. The zero-order valence-electron chi connectivity index (χ0n) is 11.8. The van der Waals surface area contributed by atoms with Crippen LogP contribution in [0.4, 0.5) is 4.79 Å². The number of ether oxygens (including phenoxy) is 2. The molecule has 1 atom stereocenters. The number of alkyl halides is 1. The Kier molecular flexibility index (Phi) is 6.39. The van der Waals surface area contributed by atoms with Gasteiger partial charge in [0.1, 0.15) is 16.3 Å². The molecule has 0 aliphatic carbocycles. The summed E-state index contributed by atoms with van der Waals surface area (Å²) in [5, 5.41) is 2.56. The van der Waals surface area contributed by atoms with Crippen molar-refractivity contribution in [3.8, 4) is 0 Å². The minimum atomic E-state index is -0.734. The van der Waals surface area contributed by atoms with Gasteiger partial charge in [0.25, 0.3) is 0 Å². The molecule has 0 fully saturated rings. The molecule has 0 rings (SSSR count). The highest BCUT2D eigenvalue weighted by Gasteiger charge is 2.35. The summed E-state index contributed by atoms with van der Waals surface area (Å²) >= 11 is 1.93. The van der Waals surface area contributed by atoms with Crippen LogP contribution in [0.2, 0.25) is 0 Å². The molecule has 0 bridgehead atoms. The third-order valence-corrected chi connectivity index (χ3v) is 2.27. The van der Waals surface area contributed by atoms with E-state index in [1.807, 2.05) is 43.4 Å². The Morgan fingerprint density at radius 1 is 1.17 bits per heavy atom. The van der Waals surface area contributed by atoms with Crippen LogP contribution < -0.4 is 5.32 Å². The van der Waals surface area contributed by atoms with Gasteiger partial charge in [-0.25, -0.2) is 9.59 Å². The number of nitrogens with one attached hydrogen (secondary N) is 1. The Morgan fingerprint density at radius 2 is 1.67 bits per heavy atom. The van der Waals surface area contributed by atoms with E-state index >= 15 is 0 Å². The van der Waals surface area contributed by atoms with Crippen molar-refractivity contribution in [2.24, 2.45) is 5.41 Å². The van der Waals surface area contributed by atoms with Crippen LogP contribution in [-0.2, 0) is 14.3 Å². The summed E-state index contributed by atoms with van der Waals surface area (Å²) < 4.78 is 10.3. The summed E-state index contributed by atoms with van der Waals surface area (Å²) in [7, 11) is 0. The minimum Gasteiger partial charge on any atom is -0.453 e. The molecule has 0 unspecified atom stereocenters. The monoisotopic (exact) mass is 371 g/mol. The average Bonchev–Trinajstić information content (AvgIpc) is 2.09. The lowest BCUT2D eigenvalue weighted by Crippen LogP contribution is -2.51. The van der Waals surface area contributed by atoms with E-state index in [-0.39, 0.29) is 4.61 Å². The highest BCUT2D eigenvalue weighted by Crippen LogP contribution is 2.21. The maximum absolute atomic E-state index is 11.8. The number of carbonyl (C=O) groups excluding carboxylic acids is 2. The summed E-state index contributed by atoms with van der Waals surface area (Å²) in [6, 6.07) is -0.734. The highest BCUT2D eigenvalue weighted by molar-refractivity contribution is 14.1. The second-order valence-corrected chi connectivity index (χ2v) is 6.64. The number of rotatable bonds is 3. The molecule has 0 aliphatic rings. The van der Waals surface area contributed by atoms with E-state index in [2.05, 4.69) is 5.32 Å². The van der Waals surface area contributed by atoms with Crippen molar-refractivity contribution >= 4 is 34.7 Å². The molecule has 18 heavy (non-hydrogen) atoms. The number of esters is 1. The van der Waals surface area contributed by atoms with Crippen molar-refractivity contribution in [3.05, 3.63) is 0 Å². The van der Waals surface area contributed by atoms with Crippen LogP contribution >= 0.6 is 22.6 Å². The fourth-order valence-corrected chi connectivity index (χ4v) is 1.50. The van der Waals surface area contributed by atoms with Gasteiger partial charge in [0.2, 0.25) is 0 Å². The lowest BCUT2D eigenvalue weighted by atomic mass is 9.87. The molecule has 0 saturated carbocycles. The molecular formula is C12H22INO4. The largest absolute Gasteiger partial charge is 0.453 e. The first-order chi connectivity index (χ1) is 7.97.